The smallest absolute Gasteiger partial charge is 0.252 e. The number of rotatable bonds is 5. The summed E-state index contributed by atoms with van der Waals surface area (Å²) in [4.78, 5) is 21.1. The third-order valence-corrected chi connectivity index (χ3v) is 3.57. The molecule has 1 unspecified atom stereocenters. The molecule has 1 aliphatic heterocycles. The predicted molar refractivity (Wildman–Crippen MR) is 77.7 cm³/mol. The summed E-state index contributed by atoms with van der Waals surface area (Å²) >= 11 is 0. The maximum absolute atomic E-state index is 11.6. The minimum atomic E-state index is -0.0617. The van der Waals surface area contributed by atoms with Crippen molar-refractivity contribution in [2.45, 2.75) is 45.6 Å². The molecule has 1 fully saturated rings. The summed E-state index contributed by atoms with van der Waals surface area (Å²) in [6.45, 7) is 7.02. The largest absolute Gasteiger partial charge is 0.352 e. The van der Waals surface area contributed by atoms with Gasteiger partial charge in [0.05, 0.1) is 0 Å². The van der Waals surface area contributed by atoms with Gasteiger partial charge in [0.1, 0.15) is 11.6 Å². The summed E-state index contributed by atoms with van der Waals surface area (Å²) in [5.74, 6) is 1.51. The van der Waals surface area contributed by atoms with Crippen molar-refractivity contribution >= 4 is 5.82 Å². The Morgan fingerprint density at radius 1 is 1.53 bits per heavy atom. The molecule has 0 amide bonds. The first kappa shape index (κ1) is 14.1. The first-order valence-electron chi connectivity index (χ1n) is 7.26. The summed E-state index contributed by atoms with van der Waals surface area (Å²) in [5, 5.41) is 3.48. The molecule has 0 spiro atoms. The van der Waals surface area contributed by atoms with E-state index in [1.54, 1.807) is 6.07 Å². The van der Waals surface area contributed by atoms with E-state index in [2.05, 4.69) is 27.1 Å². The van der Waals surface area contributed by atoms with E-state index in [1.807, 2.05) is 6.92 Å². The average Bonchev–Trinajstić information content (AvgIpc) is 2.38. The van der Waals surface area contributed by atoms with E-state index in [0.29, 0.717) is 11.9 Å². The Hall–Kier alpha value is -1.36. The number of piperidine rings is 1. The van der Waals surface area contributed by atoms with Gasteiger partial charge in [-0.1, -0.05) is 6.92 Å². The number of hydrogen-bond acceptors (Lipinski definition) is 4. The van der Waals surface area contributed by atoms with E-state index in [4.69, 9.17) is 0 Å². The van der Waals surface area contributed by atoms with Crippen LogP contribution >= 0.6 is 0 Å². The van der Waals surface area contributed by atoms with Gasteiger partial charge in [-0.05, 0) is 39.2 Å². The summed E-state index contributed by atoms with van der Waals surface area (Å²) in [5.41, 5.74) is -0.0617. The van der Waals surface area contributed by atoms with Crippen LogP contribution in [-0.2, 0) is 0 Å². The molecule has 0 bridgehead atoms. The molecule has 1 atom stereocenters. The maximum Gasteiger partial charge on any atom is 0.252 e. The van der Waals surface area contributed by atoms with E-state index in [9.17, 15) is 4.79 Å². The minimum Gasteiger partial charge on any atom is -0.352 e. The number of aromatic nitrogens is 2. The molecule has 1 aromatic rings. The van der Waals surface area contributed by atoms with Crippen molar-refractivity contribution in [3.63, 3.8) is 0 Å². The molecule has 5 nitrogen and oxygen atoms in total. The van der Waals surface area contributed by atoms with Crippen LogP contribution in [0, 0.1) is 6.92 Å². The van der Waals surface area contributed by atoms with Crippen molar-refractivity contribution < 1.29 is 0 Å². The zero-order valence-electron chi connectivity index (χ0n) is 11.9. The van der Waals surface area contributed by atoms with Crippen LogP contribution in [0.3, 0.4) is 0 Å². The van der Waals surface area contributed by atoms with E-state index in [1.165, 1.54) is 19.3 Å². The molecule has 2 heterocycles. The molecule has 5 heteroatoms. The summed E-state index contributed by atoms with van der Waals surface area (Å²) in [6.07, 6.45) is 4.76. The molecule has 106 valence electrons. The van der Waals surface area contributed by atoms with Gasteiger partial charge in [0.25, 0.3) is 5.56 Å². The van der Waals surface area contributed by atoms with E-state index in [-0.39, 0.29) is 5.56 Å². The fourth-order valence-corrected chi connectivity index (χ4v) is 2.67. The number of nitrogens with zero attached hydrogens (tertiary/aromatic N) is 2. The van der Waals surface area contributed by atoms with Gasteiger partial charge in [-0.2, -0.15) is 0 Å². The van der Waals surface area contributed by atoms with Crippen LogP contribution in [0.2, 0.25) is 0 Å². The first-order valence-corrected chi connectivity index (χ1v) is 7.26. The fraction of sp³-hybridized carbons (Fsp3) is 0.714. The molecule has 19 heavy (non-hydrogen) atoms. The lowest BCUT2D eigenvalue weighted by Crippen LogP contribution is -2.46. The predicted octanol–water partition coefficient (Wildman–Crippen LogP) is 1.44. The SMILES string of the molecule is CCCNCC1CCCCN1c1cc(=O)[nH]c(C)n1. The molecule has 0 radical (unpaired) electrons. The van der Waals surface area contributed by atoms with Crippen LogP contribution in [0.25, 0.3) is 0 Å². The Kier molecular flexibility index (Phi) is 4.96. The highest BCUT2D eigenvalue weighted by Crippen LogP contribution is 2.21. The van der Waals surface area contributed by atoms with Crippen molar-refractivity contribution in [3.8, 4) is 0 Å². The second-order valence-corrected chi connectivity index (χ2v) is 5.24. The number of anilines is 1. The normalized spacial score (nSPS) is 19.7. The lowest BCUT2D eigenvalue weighted by molar-refractivity contribution is 0.432. The highest BCUT2D eigenvalue weighted by atomic mass is 16.1. The quantitative estimate of drug-likeness (QED) is 0.790. The lowest BCUT2D eigenvalue weighted by atomic mass is 10.0. The lowest BCUT2D eigenvalue weighted by Gasteiger charge is -2.36. The number of H-pyrrole nitrogens is 1. The molecular weight excluding hydrogens is 240 g/mol. The molecule has 2 N–H and O–H groups in total. The van der Waals surface area contributed by atoms with Crippen LogP contribution in [-0.4, -0.2) is 35.6 Å². The summed E-state index contributed by atoms with van der Waals surface area (Å²) in [6, 6.07) is 2.07. The first-order chi connectivity index (χ1) is 9.20. The standard InChI is InChI=1S/C14H24N4O/c1-3-7-15-10-12-6-4-5-8-18(12)13-9-14(19)17-11(2)16-13/h9,12,15H,3-8,10H2,1-2H3,(H,16,17,19). The number of nitrogens with one attached hydrogen (secondary N) is 2. The molecule has 0 aliphatic carbocycles. The molecule has 0 saturated carbocycles. The van der Waals surface area contributed by atoms with Gasteiger partial charge in [-0.3, -0.25) is 4.79 Å². The van der Waals surface area contributed by atoms with Gasteiger partial charge in [0.2, 0.25) is 0 Å². The van der Waals surface area contributed by atoms with Crippen molar-refractivity contribution in [1.82, 2.24) is 15.3 Å². The van der Waals surface area contributed by atoms with Crippen LogP contribution in [0.4, 0.5) is 5.82 Å². The Bertz CT molecular complexity index is 457. The molecule has 1 aromatic heterocycles. The van der Waals surface area contributed by atoms with Gasteiger partial charge in [-0.25, -0.2) is 4.98 Å². The van der Waals surface area contributed by atoms with Gasteiger partial charge < -0.3 is 15.2 Å². The number of hydrogen-bond donors (Lipinski definition) is 2. The molecular formula is C14H24N4O. The molecule has 1 saturated heterocycles. The molecule has 2 rings (SSSR count). The highest BCUT2D eigenvalue weighted by molar-refractivity contribution is 5.39. The van der Waals surface area contributed by atoms with E-state index >= 15 is 0 Å². The summed E-state index contributed by atoms with van der Waals surface area (Å²) in [7, 11) is 0. The van der Waals surface area contributed by atoms with Crippen LogP contribution in [0.5, 0.6) is 0 Å². The zero-order valence-corrected chi connectivity index (χ0v) is 11.9. The Balaban J connectivity index is 2.11. The van der Waals surface area contributed by atoms with Crippen LogP contribution in [0.15, 0.2) is 10.9 Å². The van der Waals surface area contributed by atoms with Crippen molar-refractivity contribution in [3.05, 3.63) is 22.2 Å². The fourth-order valence-electron chi connectivity index (χ4n) is 2.67. The molecule has 1 aliphatic rings. The minimum absolute atomic E-state index is 0.0617. The van der Waals surface area contributed by atoms with E-state index in [0.717, 1.165) is 31.9 Å². The topological polar surface area (TPSA) is 61.0 Å². The van der Waals surface area contributed by atoms with Gasteiger partial charge >= 0.3 is 0 Å². The second-order valence-electron chi connectivity index (χ2n) is 5.24. The average molecular weight is 264 g/mol. The Labute approximate surface area is 114 Å². The van der Waals surface area contributed by atoms with Gasteiger partial charge in [0, 0.05) is 25.2 Å². The van der Waals surface area contributed by atoms with Crippen molar-refractivity contribution in [1.29, 1.82) is 0 Å². The van der Waals surface area contributed by atoms with Crippen LogP contribution in [0.1, 0.15) is 38.4 Å². The molecule has 0 aromatic carbocycles. The second kappa shape index (κ2) is 6.70. The van der Waals surface area contributed by atoms with E-state index < -0.39 is 0 Å². The van der Waals surface area contributed by atoms with Crippen molar-refractivity contribution in [2.75, 3.05) is 24.5 Å². The number of aryl methyl sites for hydroxylation is 1. The van der Waals surface area contributed by atoms with Gasteiger partial charge in [0.15, 0.2) is 0 Å². The maximum atomic E-state index is 11.6. The van der Waals surface area contributed by atoms with Gasteiger partial charge in [-0.15, -0.1) is 0 Å². The number of aromatic amines is 1. The highest BCUT2D eigenvalue weighted by Gasteiger charge is 2.23. The Morgan fingerprint density at radius 3 is 3.11 bits per heavy atom. The summed E-state index contributed by atoms with van der Waals surface area (Å²) < 4.78 is 0. The third kappa shape index (κ3) is 3.80. The van der Waals surface area contributed by atoms with Crippen molar-refractivity contribution in [2.24, 2.45) is 0 Å². The Morgan fingerprint density at radius 2 is 2.37 bits per heavy atom. The third-order valence-electron chi connectivity index (χ3n) is 3.57. The monoisotopic (exact) mass is 264 g/mol. The van der Waals surface area contributed by atoms with Crippen LogP contribution < -0.4 is 15.8 Å². The zero-order chi connectivity index (χ0) is 13.7.